The summed E-state index contributed by atoms with van der Waals surface area (Å²) in [4.78, 5) is 40.1. The maximum absolute atomic E-state index is 12.4. The van der Waals surface area contributed by atoms with E-state index in [1.807, 2.05) is 36.4 Å². The van der Waals surface area contributed by atoms with Gasteiger partial charge < -0.3 is 25.6 Å². The first-order chi connectivity index (χ1) is 16.4. The molecule has 1 aliphatic carbocycles. The van der Waals surface area contributed by atoms with E-state index in [2.05, 4.69) is 27.8 Å². The fourth-order valence-electron chi connectivity index (χ4n) is 3.95. The molecule has 1 heterocycles. The van der Waals surface area contributed by atoms with Gasteiger partial charge in [0.05, 0.1) is 18.8 Å². The first-order valence-electron chi connectivity index (χ1n) is 10.6. The molecule has 10 heteroatoms. The summed E-state index contributed by atoms with van der Waals surface area (Å²) in [6.45, 7) is 1.12. The predicted octanol–water partition coefficient (Wildman–Crippen LogP) is 2.67. The lowest BCUT2D eigenvalue weighted by Gasteiger charge is -2.14. The minimum absolute atomic E-state index is 0.0516. The molecule has 4 rings (SSSR count). The van der Waals surface area contributed by atoms with Crippen LogP contribution in [0, 0.1) is 6.92 Å². The molecule has 0 spiro atoms. The van der Waals surface area contributed by atoms with Crippen LogP contribution in [0.15, 0.2) is 48.5 Å². The number of carboxylic acid groups (broad SMARTS) is 1. The van der Waals surface area contributed by atoms with Crippen molar-refractivity contribution in [1.29, 1.82) is 0 Å². The first-order valence-corrected chi connectivity index (χ1v) is 11.4. The number of carbonyl (C=O) groups excluding carboxylic acids is 2. The minimum Gasteiger partial charge on any atom is -0.480 e. The van der Waals surface area contributed by atoms with Crippen molar-refractivity contribution in [2.75, 3.05) is 13.2 Å². The van der Waals surface area contributed by atoms with Crippen molar-refractivity contribution in [2.45, 2.75) is 25.4 Å². The smallest absolute Gasteiger partial charge is 0.407 e. The van der Waals surface area contributed by atoms with E-state index in [1.54, 1.807) is 6.92 Å². The van der Waals surface area contributed by atoms with E-state index in [-0.39, 0.29) is 23.9 Å². The third-order valence-electron chi connectivity index (χ3n) is 5.56. The molecule has 0 saturated carbocycles. The molecule has 3 aromatic rings. The number of benzene rings is 2. The molecule has 1 aromatic heterocycles. The highest BCUT2D eigenvalue weighted by atomic mass is 32.1. The highest BCUT2D eigenvalue weighted by Gasteiger charge is 2.29. The maximum atomic E-state index is 12.4. The van der Waals surface area contributed by atoms with Gasteiger partial charge in [-0.3, -0.25) is 4.79 Å². The molecule has 1 aliphatic rings. The largest absolute Gasteiger partial charge is 0.480 e. The van der Waals surface area contributed by atoms with Gasteiger partial charge in [0.15, 0.2) is 6.04 Å². The van der Waals surface area contributed by atoms with Crippen molar-refractivity contribution in [3.05, 3.63) is 75.2 Å². The van der Waals surface area contributed by atoms with Crippen LogP contribution in [0.1, 0.15) is 37.4 Å². The molecular formula is C24H23N3O6S. The van der Waals surface area contributed by atoms with Gasteiger partial charge in [-0.2, -0.15) is 0 Å². The van der Waals surface area contributed by atoms with Crippen LogP contribution < -0.4 is 10.6 Å². The Morgan fingerprint density at radius 2 is 1.71 bits per heavy atom. The Labute approximate surface area is 199 Å². The minimum atomic E-state index is -1.41. The number of amides is 2. The number of rotatable bonds is 8. The van der Waals surface area contributed by atoms with Crippen LogP contribution >= 0.6 is 11.3 Å². The lowest BCUT2D eigenvalue weighted by Crippen LogP contribution is -2.43. The second-order valence-electron chi connectivity index (χ2n) is 7.75. The van der Waals surface area contributed by atoms with Gasteiger partial charge in [-0.15, -0.1) is 11.3 Å². The average Bonchev–Trinajstić information content (AvgIpc) is 3.37. The van der Waals surface area contributed by atoms with E-state index in [4.69, 9.17) is 14.9 Å². The number of nitrogens with zero attached hydrogens (tertiary/aromatic N) is 1. The van der Waals surface area contributed by atoms with Crippen molar-refractivity contribution in [3.63, 3.8) is 0 Å². The molecule has 9 nitrogen and oxygen atoms in total. The van der Waals surface area contributed by atoms with Gasteiger partial charge in [0, 0.05) is 5.92 Å². The number of fused-ring (bicyclic) bond motifs is 3. The van der Waals surface area contributed by atoms with Crippen molar-refractivity contribution in [1.82, 2.24) is 15.6 Å². The Balaban J connectivity index is 1.34. The number of aliphatic hydroxyl groups excluding tert-OH is 1. The van der Waals surface area contributed by atoms with E-state index in [0.29, 0.717) is 10.7 Å². The number of hydrogen-bond acceptors (Lipinski definition) is 7. The molecule has 4 N–H and O–H groups in total. The van der Waals surface area contributed by atoms with Crippen molar-refractivity contribution in [3.8, 4) is 11.1 Å². The van der Waals surface area contributed by atoms with Gasteiger partial charge >= 0.3 is 12.1 Å². The molecule has 176 valence electrons. The van der Waals surface area contributed by atoms with E-state index in [9.17, 15) is 14.4 Å². The van der Waals surface area contributed by atoms with Crippen molar-refractivity contribution < 1.29 is 29.3 Å². The number of hydrogen-bond donors (Lipinski definition) is 4. The van der Waals surface area contributed by atoms with Gasteiger partial charge in [-0.05, 0) is 29.2 Å². The van der Waals surface area contributed by atoms with Crippen LogP contribution in [-0.4, -0.2) is 52.4 Å². The fraction of sp³-hybridized carbons (Fsp3) is 0.250. The van der Waals surface area contributed by atoms with Crippen LogP contribution in [0.4, 0.5) is 4.79 Å². The molecule has 34 heavy (non-hydrogen) atoms. The predicted molar refractivity (Wildman–Crippen MR) is 125 cm³/mol. The molecule has 1 atom stereocenters. The number of aliphatic hydroxyl groups is 1. The van der Waals surface area contributed by atoms with Crippen molar-refractivity contribution in [2.24, 2.45) is 0 Å². The summed E-state index contributed by atoms with van der Waals surface area (Å²) in [5, 5.41) is 23.4. The standard InChI is InChI=1S/C24H23N3O6S/c1-13-21(22(29)27-19(11-28)23(30)31)34-20(26-13)10-25-24(32)33-12-18-16-8-4-2-6-14(16)15-7-3-5-9-17(15)18/h2-9,18-19,28H,10-12H2,1H3,(H,25,32)(H,27,29)(H,30,31). The third kappa shape index (κ3) is 4.78. The highest BCUT2D eigenvalue weighted by Crippen LogP contribution is 2.44. The monoisotopic (exact) mass is 481 g/mol. The molecule has 2 amide bonds. The summed E-state index contributed by atoms with van der Waals surface area (Å²) < 4.78 is 5.49. The van der Waals surface area contributed by atoms with Crippen LogP contribution in [0.25, 0.3) is 11.1 Å². The number of thiazole rings is 1. The Bertz CT molecular complexity index is 1200. The normalized spacial score (nSPS) is 13.0. The Morgan fingerprint density at radius 1 is 1.09 bits per heavy atom. The average molecular weight is 482 g/mol. The lowest BCUT2D eigenvalue weighted by molar-refractivity contribution is -0.140. The lowest BCUT2D eigenvalue weighted by atomic mass is 9.98. The van der Waals surface area contributed by atoms with Crippen LogP contribution in [0.3, 0.4) is 0 Å². The molecular weight excluding hydrogens is 458 g/mol. The van der Waals surface area contributed by atoms with Crippen molar-refractivity contribution >= 4 is 29.3 Å². The maximum Gasteiger partial charge on any atom is 0.407 e. The zero-order chi connectivity index (χ0) is 24.2. The summed E-state index contributed by atoms with van der Waals surface area (Å²) in [5.74, 6) is -2.04. The van der Waals surface area contributed by atoms with E-state index >= 15 is 0 Å². The highest BCUT2D eigenvalue weighted by molar-refractivity contribution is 7.13. The van der Waals surface area contributed by atoms with Gasteiger partial charge in [0.25, 0.3) is 5.91 Å². The third-order valence-corrected chi connectivity index (χ3v) is 6.72. The fourth-order valence-corrected chi connectivity index (χ4v) is 4.85. The summed E-state index contributed by atoms with van der Waals surface area (Å²) in [7, 11) is 0. The quantitative estimate of drug-likeness (QED) is 0.388. The van der Waals surface area contributed by atoms with Crippen LogP contribution in [-0.2, 0) is 16.1 Å². The van der Waals surface area contributed by atoms with Gasteiger partial charge in [0.2, 0.25) is 0 Å². The number of aryl methyl sites for hydroxylation is 1. The molecule has 0 bridgehead atoms. The molecule has 0 aliphatic heterocycles. The first kappa shape index (κ1) is 23.4. The summed E-state index contributed by atoms with van der Waals surface area (Å²) in [5.41, 5.74) is 4.91. The second-order valence-corrected chi connectivity index (χ2v) is 8.83. The topological polar surface area (TPSA) is 138 Å². The number of aliphatic carboxylic acids is 1. The number of alkyl carbamates (subject to hydrolysis) is 1. The zero-order valence-electron chi connectivity index (χ0n) is 18.3. The molecule has 0 saturated heterocycles. The molecule has 0 fully saturated rings. The Kier molecular flexibility index (Phi) is 6.90. The van der Waals surface area contributed by atoms with Gasteiger partial charge in [0.1, 0.15) is 16.5 Å². The molecule has 0 radical (unpaired) electrons. The summed E-state index contributed by atoms with van der Waals surface area (Å²) in [6, 6.07) is 14.7. The number of ether oxygens (including phenoxy) is 1. The van der Waals surface area contributed by atoms with E-state index in [0.717, 1.165) is 33.6 Å². The number of carboxylic acids is 1. The van der Waals surface area contributed by atoms with Gasteiger partial charge in [-0.1, -0.05) is 48.5 Å². The zero-order valence-corrected chi connectivity index (χ0v) is 19.1. The van der Waals surface area contributed by atoms with Gasteiger partial charge in [-0.25, -0.2) is 14.6 Å². The SMILES string of the molecule is Cc1nc(CNC(=O)OCC2c3ccccc3-c3ccccc32)sc1C(=O)NC(CO)C(=O)O. The summed E-state index contributed by atoms with van der Waals surface area (Å²) >= 11 is 1.03. The molecule has 1 unspecified atom stereocenters. The second kappa shape index (κ2) is 10.0. The van der Waals surface area contributed by atoms with E-state index < -0.39 is 30.6 Å². The molecule has 2 aromatic carbocycles. The summed E-state index contributed by atoms with van der Waals surface area (Å²) in [6.07, 6.45) is -0.605. The number of nitrogens with one attached hydrogen (secondary N) is 2. The van der Waals surface area contributed by atoms with E-state index in [1.165, 1.54) is 0 Å². The number of aromatic nitrogens is 1. The van der Waals surface area contributed by atoms with Crippen LogP contribution in [0.5, 0.6) is 0 Å². The Hall–Kier alpha value is -3.76. The number of carbonyl (C=O) groups is 3. The Morgan fingerprint density at radius 3 is 2.29 bits per heavy atom. The van der Waals surface area contributed by atoms with Crippen LogP contribution in [0.2, 0.25) is 0 Å².